The standard InChI is InChI=1S/C24H25FN8O/c1-13-6-7-21(34)32-31-19(8-13)14-4-2-3-5-18-20(10-14)30-24(29-18)16-9-15(11-27-23(16)26)22-17(25)12-28-33-22/h2-3,9-13H,4-8H2,1H3,(H2,26,27)(H,28,33)(H,29,30)(H,32,34)/b3-2-,14-10+,31-19+. The maximum atomic E-state index is 14.0. The van der Waals surface area contributed by atoms with Gasteiger partial charge in [-0.3, -0.25) is 9.89 Å². The third-order valence-electron chi connectivity index (χ3n) is 6.10. The molecule has 5 N–H and O–H groups in total. The van der Waals surface area contributed by atoms with E-state index in [9.17, 15) is 9.18 Å². The van der Waals surface area contributed by atoms with Crippen molar-refractivity contribution in [2.24, 2.45) is 11.0 Å². The predicted octanol–water partition coefficient (Wildman–Crippen LogP) is 3.76. The van der Waals surface area contributed by atoms with Crippen LogP contribution in [-0.4, -0.2) is 36.8 Å². The van der Waals surface area contributed by atoms with Gasteiger partial charge in [-0.2, -0.15) is 10.2 Å². The van der Waals surface area contributed by atoms with Crippen LogP contribution < -0.4 is 11.2 Å². The molecule has 0 bridgehead atoms. The molecule has 34 heavy (non-hydrogen) atoms. The van der Waals surface area contributed by atoms with Crippen LogP contribution in [0, 0.1) is 11.7 Å². The van der Waals surface area contributed by atoms with E-state index in [1.165, 1.54) is 6.20 Å². The van der Waals surface area contributed by atoms with Gasteiger partial charge in [0.05, 0.1) is 23.2 Å². The molecule has 1 amide bonds. The fraction of sp³-hybridized carbons (Fsp3) is 0.292. The number of nitrogens with one attached hydrogen (secondary N) is 3. The Kier molecular flexibility index (Phi) is 5.79. The topological polar surface area (TPSA) is 138 Å². The van der Waals surface area contributed by atoms with Gasteiger partial charge in [-0.05, 0) is 42.9 Å². The summed E-state index contributed by atoms with van der Waals surface area (Å²) in [4.78, 5) is 24.3. The number of rotatable bonds is 3. The van der Waals surface area contributed by atoms with E-state index in [2.05, 4.69) is 49.8 Å². The first kappa shape index (κ1) is 21.7. The summed E-state index contributed by atoms with van der Waals surface area (Å²) in [5.41, 5.74) is 13.7. The minimum Gasteiger partial charge on any atom is -0.383 e. The van der Waals surface area contributed by atoms with Crippen LogP contribution in [0.25, 0.3) is 28.7 Å². The summed E-state index contributed by atoms with van der Waals surface area (Å²) >= 11 is 0. The lowest BCUT2D eigenvalue weighted by Gasteiger charge is -2.18. The Balaban J connectivity index is 1.54. The third-order valence-corrected chi connectivity index (χ3v) is 6.10. The maximum absolute atomic E-state index is 14.0. The molecule has 0 spiro atoms. The molecule has 3 aromatic rings. The van der Waals surface area contributed by atoms with Crippen molar-refractivity contribution in [3.05, 3.63) is 53.4 Å². The van der Waals surface area contributed by atoms with Gasteiger partial charge in [0, 0.05) is 30.3 Å². The predicted molar refractivity (Wildman–Crippen MR) is 128 cm³/mol. The van der Waals surface area contributed by atoms with Crippen LogP contribution in [0.3, 0.4) is 0 Å². The molecule has 0 saturated heterocycles. The second-order valence-corrected chi connectivity index (χ2v) is 8.69. The second kappa shape index (κ2) is 9.05. The summed E-state index contributed by atoms with van der Waals surface area (Å²) in [7, 11) is 0. The number of nitrogens with zero attached hydrogens (tertiary/aromatic N) is 4. The zero-order valence-corrected chi connectivity index (χ0v) is 18.7. The zero-order chi connectivity index (χ0) is 23.7. The second-order valence-electron chi connectivity index (χ2n) is 8.69. The SMILES string of the molecule is CC1CCC(=O)N/N=C(/C2=C/c3nc(-c4cc(-c5[nH]ncc5F)cnc4N)[nH]c3C/C=C\C2)C1. The minimum absolute atomic E-state index is 0.0645. The Labute approximate surface area is 195 Å². The van der Waals surface area contributed by atoms with Crippen LogP contribution in [-0.2, 0) is 11.2 Å². The molecule has 0 saturated carbocycles. The lowest BCUT2D eigenvalue weighted by atomic mass is 9.92. The van der Waals surface area contributed by atoms with Crippen LogP contribution >= 0.6 is 0 Å². The molecule has 0 aromatic carbocycles. The zero-order valence-electron chi connectivity index (χ0n) is 18.7. The highest BCUT2D eigenvalue weighted by atomic mass is 19.1. The number of fused-ring (bicyclic) bond motifs is 1. The average molecular weight is 461 g/mol. The number of hydrogen-bond acceptors (Lipinski definition) is 6. The van der Waals surface area contributed by atoms with Gasteiger partial charge in [-0.25, -0.2) is 19.8 Å². The number of anilines is 1. The number of halogens is 1. The summed E-state index contributed by atoms with van der Waals surface area (Å²) in [5.74, 6) is 0.648. The smallest absolute Gasteiger partial charge is 0.240 e. The molecule has 9 nitrogen and oxygen atoms in total. The number of hydrogen-bond donors (Lipinski definition) is 4. The molecule has 174 valence electrons. The summed E-state index contributed by atoms with van der Waals surface area (Å²) in [6, 6.07) is 1.74. The molecule has 2 aliphatic rings. The van der Waals surface area contributed by atoms with Crippen LogP contribution in [0.1, 0.15) is 44.0 Å². The Morgan fingerprint density at radius 3 is 2.88 bits per heavy atom. The molecule has 4 heterocycles. The normalized spacial score (nSPS) is 22.6. The molecule has 10 heteroatoms. The number of aromatic nitrogens is 5. The van der Waals surface area contributed by atoms with Crippen molar-refractivity contribution in [1.29, 1.82) is 0 Å². The van der Waals surface area contributed by atoms with Crippen molar-refractivity contribution in [3.8, 4) is 22.6 Å². The van der Waals surface area contributed by atoms with Crippen molar-refractivity contribution in [2.45, 2.75) is 39.0 Å². The van der Waals surface area contributed by atoms with Gasteiger partial charge in [0.1, 0.15) is 17.3 Å². The van der Waals surface area contributed by atoms with Crippen molar-refractivity contribution < 1.29 is 9.18 Å². The Bertz CT molecular complexity index is 1330. The largest absolute Gasteiger partial charge is 0.383 e. The van der Waals surface area contributed by atoms with E-state index in [4.69, 9.17) is 10.7 Å². The van der Waals surface area contributed by atoms with Crippen molar-refractivity contribution in [2.75, 3.05) is 5.73 Å². The summed E-state index contributed by atoms with van der Waals surface area (Å²) in [6.45, 7) is 2.14. The first-order chi connectivity index (χ1) is 16.5. The molecule has 3 aromatic heterocycles. The lowest BCUT2D eigenvalue weighted by Crippen LogP contribution is -2.24. The van der Waals surface area contributed by atoms with E-state index >= 15 is 0 Å². The van der Waals surface area contributed by atoms with Crippen LogP contribution in [0.2, 0.25) is 0 Å². The molecular formula is C24H25FN8O. The summed E-state index contributed by atoms with van der Waals surface area (Å²) < 4.78 is 14.0. The molecule has 1 unspecified atom stereocenters. The van der Waals surface area contributed by atoms with Crippen molar-refractivity contribution in [3.63, 3.8) is 0 Å². The fourth-order valence-electron chi connectivity index (χ4n) is 4.18. The minimum atomic E-state index is -0.469. The van der Waals surface area contributed by atoms with E-state index in [1.54, 1.807) is 6.07 Å². The number of pyridine rings is 1. The van der Waals surface area contributed by atoms with Gasteiger partial charge in [-0.15, -0.1) is 0 Å². The number of nitrogens with two attached hydrogens (primary N) is 1. The maximum Gasteiger partial charge on any atom is 0.240 e. The highest BCUT2D eigenvalue weighted by Gasteiger charge is 2.20. The lowest BCUT2D eigenvalue weighted by molar-refractivity contribution is -0.121. The molecule has 1 atom stereocenters. The number of nitrogen functional groups attached to an aromatic ring is 1. The number of hydrazone groups is 1. The number of H-pyrrole nitrogens is 2. The van der Waals surface area contributed by atoms with Gasteiger partial charge < -0.3 is 10.7 Å². The van der Waals surface area contributed by atoms with E-state index in [-0.39, 0.29) is 17.4 Å². The summed E-state index contributed by atoms with van der Waals surface area (Å²) in [5, 5.41) is 10.8. The fourth-order valence-corrected chi connectivity index (χ4v) is 4.18. The van der Waals surface area contributed by atoms with Crippen LogP contribution in [0.5, 0.6) is 0 Å². The monoisotopic (exact) mass is 460 g/mol. The van der Waals surface area contributed by atoms with Gasteiger partial charge >= 0.3 is 0 Å². The Morgan fingerprint density at radius 2 is 2.06 bits per heavy atom. The van der Waals surface area contributed by atoms with Gasteiger partial charge in [0.15, 0.2) is 5.82 Å². The van der Waals surface area contributed by atoms with E-state index in [0.29, 0.717) is 42.1 Å². The molecule has 1 aliphatic heterocycles. The molecule has 0 radical (unpaired) electrons. The highest BCUT2D eigenvalue weighted by Crippen LogP contribution is 2.30. The Hall–Kier alpha value is -4.08. The Morgan fingerprint density at radius 1 is 1.21 bits per heavy atom. The quantitative estimate of drug-likeness (QED) is 0.441. The average Bonchev–Trinajstić information content (AvgIpc) is 3.40. The molecule has 0 fully saturated rings. The van der Waals surface area contributed by atoms with E-state index in [0.717, 1.165) is 41.7 Å². The van der Waals surface area contributed by atoms with Crippen molar-refractivity contribution >= 4 is 23.5 Å². The van der Waals surface area contributed by atoms with Crippen LogP contribution in [0.4, 0.5) is 10.2 Å². The molecule has 1 aliphatic carbocycles. The third kappa shape index (κ3) is 4.39. The summed E-state index contributed by atoms with van der Waals surface area (Å²) in [6.07, 6.45) is 12.3. The van der Waals surface area contributed by atoms with Gasteiger partial charge in [0.25, 0.3) is 0 Å². The number of aromatic amines is 2. The first-order valence-electron chi connectivity index (χ1n) is 11.2. The highest BCUT2D eigenvalue weighted by molar-refractivity contribution is 6.04. The van der Waals surface area contributed by atoms with Crippen LogP contribution in [0.15, 0.2) is 41.3 Å². The van der Waals surface area contributed by atoms with E-state index in [1.807, 2.05) is 6.08 Å². The van der Waals surface area contributed by atoms with Gasteiger partial charge in [0.2, 0.25) is 5.91 Å². The number of carbonyl (C=O) groups is 1. The molecular weight excluding hydrogens is 435 g/mol. The molecule has 5 rings (SSSR count). The number of imidazole rings is 1. The van der Waals surface area contributed by atoms with Crippen molar-refractivity contribution in [1.82, 2.24) is 30.6 Å². The van der Waals surface area contributed by atoms with E-state index < -0.39 is 5.82 Å². The first-order valence-corrected chi connectivity index (χ1v) is 11.2. The number of carbonyl (C=O) groups excluding carboxylic acids is 1. The number of amides is 1. The van der Waals surface area contributed by atoms with Gasteiger partial charge in [-0.1, -0.05) is 19.1 Å². The number of allylic oxidation sites excluding steroid dienone is 3.